The summed E-state index contributed by atoms with van der Waals surface area (Å²) in [6, 6.07) is 8.00. The first kappa shape index (κ1) is 24.0. The number of carbonyl (C=O) groups excluding carboxylic acids is 2. The van der Waals surface area contributed by atoms with Crippen molar-refractivity contribution >= 4 is 17.6 Å². The Hall–Kier alpha value is -3.18. The summed E-state index contributed by atoms with van der Waals surface area (Å²) in [5.41, 5.74) is 5.65. The standard InChI is InChI=1S/C29H34N2O3/c1-21-8-6-10-23(18-21)11-7-9-22(2)20-30-16-14-24(15-17-30)31-27-13-5-4-12-25(27)26(29(31)33)19-28(32)34-3/h4-13,24,26H,2,14-20H2,1,3H3/b9-7-,23-11-. The fraction of sp³-hybridized carbons (Fsp3) is 0.379. The summed E-state index contributed by atoms with van der Waals surface area (Å²) in [4.78, 5) is 29.6. The quantitative estimate of drug-likeness (QED) is 0.422. The molecule has 2 aliphatic heterocycles. The minimum Gasteiger partial charge on any atom is -0.469 e. The van der Waals surface area contributed by atoms with Crippen molar-refractivity contribution in [2.75, 3.05) is 31.6 Å². The highest BCUT2D eigenvalue weighted by atomic mass is 16.5. The van der Waals surface area contributed by atoms with Crippen LogP contribution >= 0.6 is 0 Å². The molecule has 1 saturated heterocycles. The Bertz CT molecular complexity index is 1070. The minimum absolute atomic E-state index is 0.0206. The summed E-state index contributed by atoms with van der Waals surface area (Å²) >= 11 is 0. The van der Waals surface area contributed by atoms with Crippen LogP contribution in [0.5, 0.6) is 0 Å². The number of likely N-dealkylation sites (tertiary alicyclic amines) is 1. The number of fused-ring (bicyclic) bond motifs is 1. The number of hydrogen-bond donors (Lipinski definition) is 0. The molecular weight excluding hydrogens is 424 g/mol. The second-order valence-corrected chi connectivity index (χ2v) is 9.42. The normalized spacial score (nSPS) is 22.4. The molecule has 1 aliphatic carbocycles. The van der Waals surface area contributed by atoms with Crippen molar-refractivity contribution in [3.05, 3.63) is 89.6 Å². The summed E-state index contributed by atoms with van der Waals surface area (Å²) in [6.45, 7) is 9.05. The van der Waals surface area contributed by atoms with Crippen LogP contribution in [0.25, 0.3) is 0 Å². The highest BCUT2D eigenvalue weighted by Gasteiger charge is 2.42. The molecule has 0 saturated carbocycles. The maximum absolute atomic E-state index is 13.3. The van der Waals surface area contributed by atoms with Gasteiger partial charge in [0.05, 0.1) is 19.4 Å². The zero-order chi connectivity index (χ0) is 24.1. The second kappa shape index (κ2) is 10.8. The first-order valence-electron chi connectivity index (χ1n) is 12.1. The number of nitrogens with zero attached hydrogens (tertiary/aromatic N) is 2. The van der Waals surface area contributed by atoms with Crippen molar-refractivity contribution in [1.82, 2.24) is 4.90 Å². The second-order valence-electron chi connectivity index (χ2n) is 9.42. The number of amides is 1. The Morgan fingerprint density at radius 2 is 2.00 bits per heavy atom. The smallest absolute Gasteiger partial charge is 0.306 e. The van der Waals surface area contributed by atoms with Crippen LogP contribution in [0.2, 0.25) is 0 Å². The third-order valence-corrected chi connectivity index (χ3v) is 6.87. The first-order chi connectivity index (χ1) is 16.5. The summed E-state index contributed by atoms with van der Waals surface area (Å²) in [5, 5.41) is 0. The van der Waals surface area contributed by atoms with Gasteiger partial charge < -0.3 is 9.64 Å². The van der Waals surface area contributed by atoms with Crippen molar-refractivity contribution in [1.29, 1.82) is 0 Å². The van der Waals surface area contributed by atoms with Gasteiger partial charge in [-0.15, -0.1) is 0 Å². The van der Waals surface area contributed by atoms with E-state index in [9.17, 15) is 9.59 Å². The lowest BCUT2D eigenvalue weighted by Gasteiger charge is -2.37. The molecule has 1 aromatic carbocycles. The van der Waals surface area contributed by atoms with Crippen LogP contribution in [-0.2, 0) is 14.3 Å². The molecule has 0 bridgehead atoms. The first-order valence-corrected chi connectivity index (χ1v) is 12.1. The van der Waals surface area contributed by atoms with Gasteiger partial charge in [-0.05, 0) is 49.0 Å². The SMILES string of the molecule is C=C(/C=C\C=C1\C=CC=C(C)C1)CN1CCC(N2C(=O)C(CC(=O)OC)c3ccccc32)CC1. The van der Waals surface area contributed by atoms with E-state index in [1.807, 2.05) is 29.2 Å². The number of methoxy groups -OCH3 is 1. The molecule has 2 heterocycles. The molecular formula is C29H34N2O3. The van der Waals surface area contributed by atoms with Crippen LogP contribution in [0.4, 0.5) is 5.69 Å². The van der Waals surface area contributed by atoms with Crippen molar-refractivity contribution in [3.63, 3.8) is 0 Å². The number of para-hydroxylation sites is 1. The Morgan fingerprint density at radius 1 is 1.24 bits per heavy atom. The van der Waals surface area contributed by atoms with Crippen molar-refractivity contribution < 1.29 is 14.3 Å². The Labute approximate surface area is 202 Å². The van der Waals surface area contributed by atoms with Gasteiger partial charge in [0.2, 0.25) is 5.91 Å². The molecule has 4 rings (SSSR count). The van der Waals surface area contributed by atoms with Crippen LogP contribution in [0, 0.1) is 0 Å². The largest absolute Gasteiger partial charge is 0.469 e. The summed E-state index contributed by atoms with van der Waals surface area (Å²) in [7, 11) is 1.37. The van der Waals surface area contributed by atoms with E-state index in [0.717, 1.165) is 55.7 Å². The van der Waals surface area contributed by atoms with Gasteiger partial charge in [-0.3, -0.25) is 14.5 Å². The van der Waals surface area contributed by atoms with Gasteiger partial charge in [-0.25, -0.2) is 0 Å². The van der Waals surface area contributed by atoms with Crippen LogP contribution in [0.1, 0.15) is 44.1 Å². The molecule has 5 nitrogen and oxygen atoms in total. The van der Waals surface area contributed by atoms with E-state index < -0.39 is 5.92 Å². The van der Waals surface area contributed by atoms with Crippen LogP contribution in [0.3, 0.4) is 0 Å². The molecule has 1 unspecified atom stereocenters. The van der Waals surface area contributed by atoms with Crippen molar-refractivity contribution in [2.45, 2.75) is 44.6 Å². The highest BCUT2D eigenvalue weighted by molar-refractivity contribution is 6.06. The number of allylic oxidation sites excluding steroid dienone is 7. The topological polar surface area (TPSA) is 49.9 Å². The average Bonchev–Trinajstić information content (AvgIpc) is 3.11. The third-order valence-electron chi connectivity index (χ3n) is 6.87. The zero-order valence-corrected chi connectivity index (χ0v) is 20.2. The zero-order valence-electron chi connectivity index (χ0n) is 20.2. The van der Waals surface area contributed by atoms with E-state index in [1.54, 1.807) is 0 Å². The number of hydrogen-bond acceptors (Lipinski definition) is 4. The highest BCUT2D eigenvalue weighted by Crippen LogP contribution is 2.41. The third kappa shape index (κ3) is 5.48. The minimum atomic E-state index is -0.445. The number of ether oxygens (including phenoxy) is 1. The van der Waals surface area contributed by atoms with Crippen molar-refractivity contribution in [3.8, 4) is 0 Å². The molecule has 0 N–H and O–H groups in total. The molecule has 3 aliphatic rings. The number of anilines is 1. The molecule has 0 radical (unpaired) electrons. The number of rotatable bonds is 7. The number of piperidine rings is 1. The lowest BCUT2D eigenvalue weighted by molar-refractivity contribution is -0.142. The molecule has 1 aromatic rings. The van der Waals surface area contributed by atoms with Gasteiger partial charge in [0, 0.05) is 31.4 Å². The molecule has 1 atom stereocenters. The Balaban J connectivity index is 1.32. The van der Waals surface area contributed by atoms with Gasteiger partial charge in [0.1, 0.15) is 0 Å². The molecule has 0 spiro atoms. The lowest BCUT2D eigenvalue weighted by Crippen LogP contribution is -2.47. The molecule has 34 heavy (non-hydrogen) atoms. The molecule has 0 aromatic heterocycles. The predicted octanol–water partition coefficient (Wildman–Crippen LogP) is 5.09. The van der Waals surface area contributed by atoms with E-state index in [1.165, 1.54) is 18.3 Å². The lowest BCUT2D eigenvalue weighted by atomic mass is 9.97. The van der Waals surface area contributed by atoms with E-state index in [0.29, 0.717) is 0 Å². The van der Waals surface area contributed by atoms with Gasteiger partial charge in [-0.1, -0.05) is 66.8 Å². The molecule has 1 fully saturated rings. The summed E-state index contributed by atoms with van der Waals surface area (Å²) in [6.07, 6.45) is 15.6. The Morgan fingerprint density at radius 3 is 2.74 bits per heavy atom. The number of carbonyl (C=O) groups is 2. The number of esters is 1. The molecule has 5 heteroatoms. The summed E-state index contributed by atoms with van der Waals surface area (Å²) < 4.78 is 4.83. The van der Waals surface area contributed by atoms with Crippen LogP contribution in [-0.4, -0.2) is 49.6 Å². The fourth-order valence-corrected chi connectivity index (χ4v) is 5.12. The van der Waals surface area contributed by atoms with Gasteiger partial charge in [-0.2, -0.15) is 0 Å². The van der Waals surface area contributed by atoms with E-state index in [2.05, 4.69) is 54.9 Å². The Kier molecular flexibility index (Phi) is 7.63. The van der Waals surface area contributed by atoms with E-state index >= 15 is 0 Å². The maximum atomic E-state index is 13.3. The van der Waals surface area contributed by atoms with Crippen LogP contribution < -0.4 is 4.90 Å². The van der Waals surface area contributed by atoms with Crippen molar-refractivity contribution in [2.24, 2.45) is 0 Å². The van der Waals surface area contributed by atoms with Gasteiger partial charge >= 0.3 is 5.97 Å². The van der Waals surface area contributed by atoms with E-state index in [4.69, 9.17) is 4.74 Å². The number of benzene rings is 1. The maximum Gasteiger partial charge on any atom is 0.306 e. The monoisotopic (exact) mass is 458 g/mol. The molecule has 178 valence electrons. The fourth-order valence-electron chi connectivity index (χ4n) is 5.12. The van der Waals surface area contributed by atoms with E-state index in [-0.39, 0.29) is 24.3 Å². The predicted molar refractivity (Wildman–Crippen MR) is 137 cm³/mol. The average molecular weight is 459 g/mol. The van der Waals surface area contributed by atoms with Gasteiger partial charge in [0.15, 0.2) is 0 Å². The molecule has 1 amide bonds. The summed E-state index contributed by atoms with van der Waals surface area (Å²) in [5.74, 6) is -0.774. The van der Waals surface area contributed by atoms with Gasteiger partial charge in [0.25, 0.3) is 0 Å². The van der Waals surface area contributed by atoms with Crippen LogP contribution in [0.15, 0.2) is 84.0 Å².